The molecule has 2 aromatic heterocycles. The van der Waals surface area contributed by atoms with Crippen molar-refractivity contribution < 1.29 is 0 Å². The third-order valence-electron chi connectivity index (χ3n) is 2.16. The zero-order valence-electron chi connectivity index (χ0n) is 8.27. The Morgan fingerprint density at radius 3 is 2.47 bits per heavy atom. The van der Waals surface area contributed by atoms with Crippen molar-refractivity contribution in [3.63, 3.8) is 0 Å². The lowest BCUT2D eigenvalue weighted by Gasteiger charge is -2.01. The van der Waals surface area contributed by atoms with E-state index < -0.39 is 0 Å². The molecule has 2 heterocycles. The minimum atomic E-state index is 0.513. The molecule has 0 aliphatic carbocycles. The van der Waals surface area contributed by atoms with Crippen LogP contribution in [-0.2, 0) is 14.1 Å². The van der Waals surface area contributed by atoms with Gasteiger partial charge in [0.25, 0.3) is 5.82 Å². The van der Waals surface area contributed by atoms with Crippen molar-refractivity contribution in [2.75, 3.05) is 0 Å². The van der Waals surface area contributed by atoms with E-state index in [1.54, 1.807) is 28.8 Å². The molecular formula is C9H8BrN5. The summed E-state index contributed by atoms with van der Waals surface area (Å²) in [5.41, 5.74) is 1.66. The molecule has 0 aliphatic heterocycles. The Bertz CT molecular complexity index is 526. The zero-order valence-corrected chi connectivity index (χ0v) is 9.85. The van der Waals surface area contributed by atoms with Crippen molar-refractivity contribution in [2.24, 2.45) is 14.1 Å². The molecule has 0 unspecified atom stereocenters. The van der Waals surface area contributed by atoms with Crippen LogP contribution in [0.1, 0.15) is 0 Å². The second-order valence-corrected chi connectivity index (χ2v) is 3.94. The Balaban J connectivity index is 2.70. The van der Waals surface area contributed by atoms with Crippen LogP contribution < -0.4 is 0 Å². The van der Waals surface area contributed by atoms with Crippen LogP contribution in [0.2, 0.25) is 0 Å². The molecule has 0 fully saturated rings. The first-order valence-electron chi connectivity index (χ1n) is 4.22. The van der Waals surface area contributed by atoms with Crippen LogP contribution >= 0.6 is 15.9 Å². The Morgan fingerprint density at radius 1 is 1.27 bits per heavy atom. The highest BCUT2D eigenvalue weighted by molar-refractivity contribution is 9.10. The van der Waals surface area contributed by atoms with E-state index in [-0.39, 0.29) is 0 Å². The summed E-state index contributed by atoms with van der Waals surface area (Å²) >= 11 is 3.40. The number of aryl methyl sites for hydroxylation is 2. The van der Waals surface area contributed by atoms with Crippen molar-refractivity contribution in [3.05, 3.63) is 28.3 Å². The standard InChI is InChI=1S/C9H8BrN5/c1-11-9-6(4-12-15(9)3)8-7(10)5-13-14(8)2/h4-5H,2-3H3. The van der Waals surface area contributed by atoms with E-state index in [1.807, 2.05) is 7.05 Å². The monoisotopic (exact) mass is 265 g/mol. The molecule has 0 amide bonds. The van der Waals surface area contributed by atoms with Crippen LogP contribution in [-0.4, -0.2) is 19.6 Å². The highest BCUT2D eigenvalue weighted by Gasteiger charge is 2.16. The Labute approximate surface area is 95.3 Å². The van der Waals surface area contributed by atoms with Gasteiger partial charge in [-0.05, 0) is 15.9 Å². The minimum absolute atomic E-state index is 0.513. The number of hydrogen-bond acceptors (Lipinski definition) is 2. The predicted molar refractivity (Wildman–Crippen MR) is 59.4 cm³/mol. The third kappa shape index (κ3) is 1.45. The van der Waals surface area contributed by atoms with Gasteiger partial charge in [0.2, 0.25) is 0 Å². The molecule has 0 aromatic carbocycles. The molecule has 5 nitrogen and oxygen atoms in total. The topological polar surface area (TPSA) is 40.0 Å². The molecule has 0 aliphatic rings. The van der Waals surface area contributed by atoms with E-state index in [0.717, 1.165) is 15.7 Å². The Morgan fingerprint density at radius 2 is 1.93 bits per heavy atom. The second kappa shape index (κ2) is 3.51. The lowest BCUT2D eigenvalue weighted by atomic mass is 10.2. The molecule has 0 saturated carbocycles. The quantitative estimate of drug-likeness (QED) is 0.742. The fraction of sp³-hybridized carbons (Fsp3) is 0.222. The second-order valence-electron chi connectivity index (χ2n) is 3.08. The Hall–Kier alpha value is -1.61. The summed E-state index contributed by atoms with van der Waals surface area (Å²) < 4.78 is 4.14. The van der Waals surface area contributed by atoms with Crippen molar-refractivity contribution in [3.8, 4) is 11.3 Å². The van der Waals surface area contributed by atoms with Gasteiger partial charge in [0.1, 0.15) is 0 Å². The summed E-state index contributed by atoms with van der Waals surface area (Å²) in [7, 11) is 3.59. The minimum Gasteiger partial charge on any atom is -0.362 e. The number of hydrogen-bond donors (Lipinski definition) is 0. The maximum atomic E-state index is 7.10. The van der Waals surface area contributed by atoms with E-state index in [2.05, 4.69) is 31.0 Å². The summed E-state index contributed by atoms with van der Waals surface area (Å²) in [6.07, 6.45) is 3.38. The molecule has 0 spiro atoms. The number of nitrogens with zero attached hydrogens (tertiary/aromatic N) is 5. The van der Waals surface area contributed by atoms with Gasteiger partial charge >= 0.3 is 0 Å². The van der Waals surface area contributed by atoms with Gasteiger partial charge in [-0.15, -0.1) is 5.10 Å². The average molecular weight is 266 g/mol. The SMILES string of the molecule is [C-]#[N+]c1c(-c2c(Br)cnn2C)cnn1C. The van der Waals surface area contributed by atoms with Crippen LogP contribution in [0.25, 0.3) is 16.1 Å². The molecule has 76 valence electrons. The van der Waals surface area contributed by atoms with Gasteiger partial charge in [0, 0.05) is 12.6 Å². The molecule has 0 bridgehead atoms. The first kappa shape index (κ1) is 9.93. The molecule has 2 rings (SSSR count). The van der Waals surface area contributed by atoms with Crippen LogP contribution in [0.5, 0.6) is 0 Å². The number of halogens is 1. The molecule has 0 saturated heterocycles. The predicted octanol–water partition coefficient (Wildman–Crippen LogP) is 2.13. The van der Waals surface area contributed by atoms with Crippen LogP contribution in [0.3, 0.4) is 0 Å². The molecule has 15 heavy (non-hydrogen) atoms. The van der Waals surface area contributed by atoms with Gasteiger partial charge in [0.15, 0.2) is 0 Å². The lowest BCUT2D eigenvalue weighted by Crippen LogP contribution is -1.93. The maximum Gasteiger partial charge on any atom is 0.261 e. The first-order valence-corrected chi connectivity index (χ1v) is 5.01. The maximum absolute atomic E-state index is 7.10. The first-order chi connectivity index (χ1) is 7.15. The molecule has 2 aromatic rings. The summed E-state index contributed by atoms with van der Waals surface area (Å²) in [5, 5.41) is 8.17. The smallest absolute Gasteiger partial charge is 0.261 e. The molecule has 6 heteroatoms. The van der Waals surface area contributed by atoms with Gasteiger partial charge in [-0.1, -0.05) is 6.57 Å². The fourth-order valence-corrected chi connectivity index (χ4v) is 2.01. The highest BCUT2D eigenvalue weighted by Crippen LogP contribution is 2.34. The third-order valence-corrected chi connectivity index (χ3v) is 2.74. The van der Waals surface area contributed by atoms with Gasteiger partial charge in [-0.2, -0.15) is 5.10 Å². The van der Waals surface area contributed by atoms with Crippen LogP contribution in [0, 0.1) is 6.57 Å². The van der Waals surface area contributed by atoms with Gasteiger partial charge in [-0.3, -0.25) is 4.68 Å². The molecule has 0 N–H and O–H groups in total. The molecular weight excluding hydrogens is 258 g/mol. The summed E-state index contributed by atoms with van der Waals surface area (Å²) in [5.74, 6) is 0.513. The van der Waals surface area contributed by atoms with Crippen LogP contribution in [0.4, 0.5) is 5.82 Å². The highest BCUT2D eigenvalue weighted by atomic mass is 79.9. The van der Waals surface area contributed by atoms with Crippen molar-refractivity contribution >= 4 is 21.7 Å². The van der Waals surface area contributed by atoms with Crippen molar-refractivity contribution in [1.29, 1.82) is 0 Å². The average Bonchev–Trinajstić information content (AvgIpc) is 2.71. The summed E-state index contributed by atoms with van der Waals surface area (Å²) in [4.78, 5) is 3.46. The molecule has 0 radical (unpaired) electrons. The Kier molecular flexibility index (Phi) is 2.32. The van der Waals surface area contributed by atoms with Crippen molar-refractivity contribution in [1.82, 2.24) is 19.6 Å². The van der Waals surface area contributed by atoms with Crippen LogP contribution in [0.15, 0.2) is 16.9 Å². The van der Waals surface area contributed by atoms with E-state index in [4.69, 9.17) is 6.57 Å². The number of rotatable bonds is 1. The van der Waals surface area contributed by atoms with Crippen molar-refractivity contribution in [2.45, 2.75) is 0 Å². The largest absolute Gasteiger partial charge is 0.362 e. The molecule has 0 atom stereocenters. The normalized spacial score (nSPS) is 10.3. The van der Waals surface area contributed by atoms with Gasteiger partial charge in [0.05, 0.1) is 29.6 Å². The lowest BCUT2D eigenvalue weighted by molar-refractivity contribution is 0.775. The zero-order chi connectivity index (χ0) is 11.0. The fourth-order valence-electron chi connectivity index (χ4n) is 1.44. The van der Waals surface area contributed by atoms with Gasteiger partial charge < -0.3 is 4.85 Å². The van der Waals surface area contributed by atoms with E-state index in [1.165, 1.54) is 0 Å². The van der Waals surface area contributed by atoms with Gasteiger partial charge in [-0.25, -0.2) is 4.68 Å². The van der Waals surface area contributed by atoms with E-state index >= 15 is 0 Å². The summed E-state index contributed by atoms with van der Waals surface area (Å²) in [6.45, 7) is 7.10. The van der Waals surface area contributed by atoms with E-state index in [9.17, 15) is 0 Å². The number of aromatic nitrogens is 4. The van der Waals surface area contributed by atoms with E-state index in [0.29, 0.717) is 5.82 Å². The summed E-state index contributed by atoms with van der Waals surface area (Å²) in [6, 6.07) is 0.